The number of hydrogen-bond donors (Lipinski definition) is 0. The average Bonchev–Trinajstić information content (AvgIpc) is 2.28. The molecule has 2 nitrogen and oxygen atoms in total. The molecule has 0 aliphatic rings. The summed E-state index contributed by atoms with van der Waals surface area (Å²) >= 11 is 5.95. The third-order valence-corrected chi connectivity index (χ3v) is 2.98. The topological polar surface area (TPSA) is 16.8 Å². The first-order chi connectivity index (χ1) is 7.75. The van der Waals surface area contributed by atoms with E-state index in [4.69, 9.17) is 11.6 Å². The van der Waals surface area contributed by atoms with E-state index in [9.17, 15) is 0 Å². The molecular weight excluding hydrogens is 347 g/mol. The molecular formula is C13H10ClIN2. The van der Waals surface area contributed by atoms with Gasteiger partial charge in [-0.25, -0.2) is 4.98 Å². The Hall–Kier alpha value is -0.940. The summed E-state index contributed by atoms with van der Waals surface area (Å²) in [5, 5.41) is 2.81. The molecule has 86 valence electrons. The van der Waals surface area contributed by atoms with Crippen molar-refractivity contribution in [1.29, 1.82) is 0 Å². The van der Waals surface area contributed by atoms with Crippen molar-refractivity contribution in [3.8, 4) is 0 Å². The van der Waals surface area contributed by atoms with Gasteiger partial charge < -0.3 is 24.0 Å². The Morgan fingerprint density at radius 1 is 1.06 bits per heavy atom. The van der Waals surface area contributed by atoms with Crippen LogP contribution in [0.4, 0.5) is 0 Å². The highest BCUT2D eigenvalue weighted by atomic mass is 127. The summed E-state index contributed by atoms with van der Waals surface area (Å²) in [6.07, 6.45) is 2.02. The lowest BCUT2D eigenvalue weighted by Gasteiger charge is -2.01. The Kier molecular flexibility index (Phi) is 3.49. The van der Waals surface area contributed by atoms with Gasteiger partial charge in [0.15, 0.2) is 6.20 Å². The van der Waals surface area contributed by atoms with Gasteiger partial charge in [0.05, 0.1) is 0 Å². The molecule has 0 saturated heterocycles. The molecule has 2 aromatic heterocycles. The fourth-order valence-electron chi connectivity index (χ4n) is 2.02. The van der Waals surface area contributed by atoms with Crippen LogP contribution in [0.1, 0.15) is 0 Å². The summed E-state index contributed by atoms with van der Waals surface area (Å²) in [4.78, 5) is 4.41. The molecule has 0 aliphatic carbocycles. The predicted molar refractivity (Wildman–Crippen MR) is 65.4 cm³/mol. The maximum absolute atomic E-state index is 5.95. The molecule has 0 saturated carbocycles. The Bertz CT molecular complexity index is 697. The van der Waals surface area contributed by atoms with Crippen molar-refractivity contribution < 1.29 is 28.5 Å². The third kappa shape index (κ3) is 2.09. The molecule has 0 spiro atoms. The van der Waals surface area contributed by atoms with Gasteiger partial charge in [-0.2, -0.15) is 4.57 Å². The number of benzene rings is 1. The zero-order chi connectivity index (χ0) is 11.1. The van der Waals surface area contributed by atoms with E-state index < -0.39 is 0 Å². The number of hydrogen-bond acceptors (Lipinski definition) is 1. The zero-order valence-corrected chi connectivity index (χ0v) is 12.1. The molecule has 0 aliphatic heterocycles. The van der Waals surface area contributed by atoms with Crippen molar-refractivity contribution in [1.82, 2.24) is 4.98 Å². The SMILES string of the molecule is C[n+]1cccc2ccc3ccc(Cl)nc3c21.[I-]. The Labute approximate surface area is 121 Å². The van der Waals surface area contributed by atoms with E-state index in [1.165, 1.54) is 5.39 Å². The average molecular weight is 357 g/mol. The van der Waals surface area contributed by atoms with E-state index in [1.807, 2.05) is 31.4 Å². The number of nitrogens with zero attached hydrogens (tertiary/aromatic N) is 2. The van der Waals surface area contributed by atoms with E-state index >= 15 is 0 Å². The van der Waals surface area contributed by atoms with Crippen LogP contribution in [0.2, 0.25) is 5.15 Å². The van der Waals surface area contributed by atoms with E-state index in [0.29, 0.717) is 5.15 Å². The second kappa shape index (κ2) is 4.74. The molecule has 0 amide bonds. The quantitative estimate of drug-likeness (QED) is 0.237. The first-order valence-corrected chi connectivity index (χ1v) is 5.47. The van der Waals surface area contributed by atoms with Crippen LogP contribution in [-0.2, 0) is 7.05 Å². The maximum atomic E-state index is 5.95. The van der Waals surface area contributed by atoms with Gasteiger partial charge >= 0.3 is 0 Å². The highest BCUT2D eigenvalue weighted by Gasteiger charge is 2.10. The van der Waals surface area contributed by atoms with Gasteiger partial charge in [-0.15, -0.1) is 0 Å². The van der Waals surface area contributed by atoms with Crippen LogP contribution >= 0.6 is 11.6 Å². The zero-order valence-electron chi connectivity index (χ0n) is 9.19. The minimum atomic E-state index is 0. The van der Waals surface area contributed by atoms with Crippen molar-refractivity contribution in [2.45, 2.75) is 0 Å². The smallest absolute Gasteiger partial charge is 0.238 e. The summed E-state index contributed by atoms with van der Waals surface area (Å²) in [5.41, 5.74) is 2.07. The molecule has 17 heavy (non-hydrogen) atoms. The van der Waals surface area contributed by atoms with Gasteiger partial charge in [-0.1, -0.05) is 17.7 Å². The van der Waals surface area contributed by atoms with Crippen LogP contribution in [0.3, 0.4) is 0 Å². The fourth-order valence-corrected chi connectivity index (χ4v) is 2.17. The molecule has 0 unspecified atom stereocenters. The van der Waals surface area contributed by atoms with Crippen LogP contribution in [-0.4, -0.2) is 4.98 Å². The predicted octanol–water partition coefficient (Wildman–Crippen LogP) is -0.130. The molecule has 0 radical (unpaired) electrons. The van der Waals surface area contributed by atoms with Crippen molar-refractivity contribution in [2.75, 3.05) is 0 Å². The van der Waals surface area contributed by atoms with Crippen LogP contribution < -0.4 is 28.5 Å². The Morgan fingerprint density at radius 3 is 2.59 bits per heavy atom. The second-order valence-corrected chi connectivity index (χ2v) is 4.22. The van der Waals surface area contributed by atoms with Crippen LogP contribution in [0.15, 0.2) is 42.6 Å². The second-order valence-electron chi connectivity index (χ2n) is 3.83. The fraction of sp³-hybridized carbons (Fsp3) is 0.0769. The normalized spacial score (nSPS) is 10.5. The molecule has 3 rings (SSSR count). The molecule has 0 atom stereocenters. The van der Waals surface area contributed by atoms with Crippen molar-refractivity contribution in [2.24, 2.45) is 7.05 Å². The van der Waals surface area contributed by atoms with E-state index in [2.05, 4.69) is 27.8 Å². The number of fused-ring (bicyclic) bond motifs is 3. The third-order valence-electron chi connectivity index (χ3n) is 2.77. The first kappa shape index (κ1) is 12.5. The standard InChI is InChI=1S/C13H10ClN2.HI/c1-16-8-2-3-10-5-4-9-6-7-11(14)15-12(9)13(10)16;/h2-8H,1H3;1H/q+1;/p-1. The maximum Gasteiger partial charge on any atom is 0.238 e. The minimum Gasteiger partial charge on any atom is -1.00 e. The lowest BCUT2D eigenvalue weighted by atomic mass is 10.1. The van der Waals surface area contributed by atoms with Gasteiger partial charge in [-0.05, 0) is 24.3 Å². The number of aromatic nitrogens is 2. The lowest BCUT2D eigenvalue weighted by Crippen LogP contribution is -3.00. The molecule has 1 aromatic carbocycles. The molecule has 0 fully saturated rings. The van der Waals surface area contributed by atoms with Gasteiger partial charge in [0, 0.05) is 16.8 Å². The van der Waals surface area contributed by atoms with Crippen molar-refractivity contribution in [3.63, 3.8) is 0 Å². The van der Waals surface area contributed by atoms with Crippen molar-refractivity contribution >= 4 is 33.4 Å². The molecule has 0 bridgehead atoms. The highest BCUT2D eigenvalue weighted by Crippen LogP contribution is 2.22. The minimum absolute atomic E-state index is 0. The molecule has 2 heterocycles. The van der Waals surface area contributed by atoms with Gasteiger partial charge in [0.2, 0.25) is 5.52 Å². The lowest BCUT2D eigenvalue weighted by molar-refractivity contribution is -0.644. The number of pyridine rings is 2. The van der Waals surface area contributed by atoms with E-state index in [0.717, 1.165) is 16.4 Å². The number of aryl methyl sites for hydroxylation is 1. The van der Waals surface area contributed by atoms with E-state index in [1.54, 1.807) is 0 Å². The Balaban J connectivity index is 0.00000108. The largest absolute Gasteiger partial charge is 1.00 e. The van der Waals surface area contributed by atoms with Gasteiger partial charge in [0.25, 0.3) is 0 Å². The summed E-state index contributed by atoms with van der Waals surface area (Å²) in [6, 6.07) is 12.1. The first-order valence-electron chi connectivity index (χ1n) is 5.09. The summed E-state index contributed by atoms with van der Waals surface area (Å²) in [5.74, 6) is 0. The van der Waals surface area contributed by atoms with Gasteiger partial charge in [0.1, 0.15) is 17.7 Å². The molecule has 4 heteroatoms. The Morgan fingerprint density at radius 2 is 1.76 bits per heavy atom. The number of halogens is 2. The number of rotatable bonds is 0. The summed E-state index contributed by atoms with van der Waals surface area (Å²) < 4.78 is 2.07. The van der Waals surface area contributed by atoms with Crippen molar-refractivity contribution in [3.05, 3.63) is 47.7 Å². The molecule has 3 aromatic rings. The monoisotopic (exact) mass is 356 g/mol. The molecule has 0 N–H and O–H groups in total. The van der Waals surface area contributed by atoms with Crippen LogP contribution in [0.25, 0.3) is 21.8 Å². The highest BCUT2D eigenvalue weighted by molar-refractivity contribution is 6.30. The van der Waals surface area contributed by atoms with E-state index in [-0.39, 0.29) is 24.0 Å². The van der Waals surface area contributed by atoms with Crippen LogP contribution in [0, 0.1) is 0 Å². The summed E-state index contributed by atoms with van der Waals surface area (Å²) in [6.45, 7) is 0. The van der Waals surface area contributed by atoms with Gasteiger partial charge in [-0.3, -0.25) is 0 Å². The van der Waals surface area contributed by atoms with Crippen LogP contribution in [0.5, 0.6) is 0 Å². The summed E-state index contributed by atoms with van der Waals surface area (Å²) in [7, 11) is 2.02.